The lowest BCUT2D eigenvalue weighted by molar-refractivity contribution is 0.461. The average molecular weight is 380 g/mol. The number of nitrogens with one attached hydrogen (secondary N) is 1. The number of aromatic nitrogens is 1. The third kappa shape index (κ3) is 4.51. The molecule has 0 unspecified atom stereocenters. The molecule has 3 aromatic rings. The fourth-order valence-corrected chi connectivity index (χ4v) is 3.50. The molecular formula is C22H25FN4O. The second-order valence-corrected chi connectivity index (χ2v) is 7.09. The molecule has 0 aliphatic carbocycles. The van der Waals surface area contributed by atoms with Crippen molar-refractivity contribution < 1.29 is 8.81 Å². The molecule has 1 fully saturated rings. The summed E-state index contributed by atoms with van der Waals surface area (Å²) in [4.78, 5) is 9.14. The van der Waals surface area contributed by atoms with Gasteiger partial charge in [0.25, 0.3) is 0 Å². The van der Waals surface area contributed by atoms with E-state index in [1.165, 1.54) is 17.7 Å². The van der Waals surface area contributed by atoms with Gasteiger partial charge in [0, 0.05) is 44.6 Å². The third-order valence-electron chi connectivity index (χ3n) is 5.03. The maximum Gasteiger partial charge on any atom is 0.128 e. The van der Waals surface area contributed by atoms with Crippen molar-refractivity contribution in [3.63, 3.8) is 0 Å². The molecule has 1 aliphatic rings. The summed E-state index contributed by atoms with van der Waals surface area (Å²) in [5.41, 5.74) is 2.27. The molecule has 0 amide bonds. The summed E-state index contributed by atoms with van der Waals surface area (Å²) in [7, 11) is 0. The Morgan fingerprint density at radius 2 is 1.71 bits per heavy atom. The van der Waals surface area contributed by atoms with Crippen LogP contribution in [0.5, 0.6) is 0 Å². The van der Waals surface area contributed by atoms with Gasteiger partial charge in [-0.25, -0.2) is 9.37 Å². The number of hydrogen-bond acceptors (Lipinski definition) is 5. The van der Waals surface area contributed by atoms with Crippen LogP contribution in [0.25, 0.3) is 0 Å². The summed E-state index contributed by atoms with van der Waals surface area (Å²) in [6.07, 6.45) is 1.87. The summed E-state index contributed by atoms with van der Waals surface area (Å²) in [6, 6.07) is 14.9. The summed E-state index contributed by atoms with van der Waals surface area (Å²) in [5.74, 6) is 2.69. The lowest BCUT2D eigenvalue weighted by Gasteiger charge is -2.36. The first kappa shape index (κ1) is 18.5. The zero-order chi connectivity index (χ0) is 19.3. The molecule has 4 rings (SSSR count). The van der Waals surface area contributed by atoms with Crippen molar-refractivity contribution in [3.8, 4) is 0 Å². The highest BCUT2D eigenvalue weighted by Crippen LogP contribution is 2.20. The highest BCUT2D eigenvalue weighted by Gasteiger charge is 2.18. The van der Waals surface area contributed by atoms with E-state index in [-0.39, 0.29) is 5.82 Å². The lowest BCUT2D eigenvalue weighted by Crippen LogP contribution is -2.46. The van der Waals surface area contributed by atoms with Crippen molar-refractivity contribution >= 4 is 11.5 Å². The first-order valence-corrected chi connectivity index (χ1v) is 9.64. The number of piperazine rings is 1. The Hall–Kier alpha value is -2.86. The molecule has 0 bridgehead atoms. The van der Waals surface area contributed by atoms with Gasteiger partial charge in [-0.1, -0.05) is 0 Å². The van der Waals surface area contributed by atoms with Gasteiger partial charge in [0.15, 0.2) is 0 Å². The Bertz CT molecular complexity index is 901. The van der Waals surface area contributed by atoms with Crippen LogP contribution >= 0.6 is 0 Å². The molecule has 2 aromatic heterocycles. The van der Waals surface area contributed by atoms with Crippen LogP contribution < -0.4 is 15.1 Å². The molecule has 1 aliphatic heterocycles. The van der Waals surface area contributed by atoms with Gasteiger partial charge in [0.2, 0.25) is 0 Å². The minimum absolute atomic E-state index is 0.195. The molecule has 28 heavy (non-hydrogen) atoms. The standard InChI is InChI=1S/C22H25FN4O/c1-17-2-7-21(28-17)16-24-15-18-8-9-25-22(14-18)27-12-10-26(11-13-27)20-5-3-19(23)4-6-20/h2-9,14,24H,10-13,15-16H2,1H3. The van der Waals surface area contributed by atoms with E-state index in [2.05, 4.69) is 26.2 Å². The highest BCUT2D eigenvalue weighted by molar-refractivity contribution is 5.49. The van der Waals surface area contributed by atoms with Crippen LogP contribution in [0.3, 0.4) is 0 Å². The minimum Gasteiger partial charge on any atom is -0.465 e. The molecule has 5 nitrogen and oxygen atoms in total. The van der Waals surface area contributed by atoms with Crippen LogP contribution in [0.4, 0.5) is 15.9 Å². The van der Waals surface area contributed by atoms with Gasteiger partial charge in [0.05, 0.1) is 6.54 Å². The van der Waals surface area contributed by atoms with Crippen LogP contribution in [0.15, 0.2) is 59.1 Å². The second-order valence-electron chi connectivity index (χ2n) is 7.09. The van der Waals surface area contributed by atoms with E-state index >= 15 is 0 Å². The van der Waals surface area contributed by atoms with E-state index in [0.29, 0.717) is 6.54 Å². The number of rotatable bonds is 6. The average Bonchev–Trinajstić information content (AvgIpc) is 3.14. The molecule has 1 saturated heterocycles. The normalized spacial score (nSPS) is 14.5. The van der Waals surface area contributed by atoms with Crippen molar-refractivity contribution in [2.45, 2.75) is 20.0 Å². The number of aryl methyl sites for hydroxylation is 1. The van der Waals surface area contributed by atoms with Gasteiger partial charge < -0.3 is 19.5 Å². The topological polar surface area (TPSA) is 44.5 Å². The molecule has 0 saturated carbocycles. The number of pyridine rings is 1. The van der Waals surface area contributed by atoms with Crippen molar-refractivity contribution in [2.24, 2.45) is 0 Å². The molecule has 3 heterocycles. The third-order valence-corrected chi connectivity index (χ3v) is 5.03. The van der Waals surface area contributed by atoms with Gasteiger partial charge >= 0.3 is 0 Å². The Balaban J connectivity index is 1.31. The lowest BCUT2D eigenvalue weighted by atomic mass is 10.2. The number of furan rings is 1. The molecule has 1 N–H and O–H groups in total. The molecule has 146 valence electrons. The molecule has 0 radical (unpaired) electrons. The van der Waals surface area contributed by atoms with Gasteiger partial charge in [0.1, 0.15) is 23.2 Å². The predicted molar refractivity (Wildman–Crippen MR) is 109 cm³/mol. The number of hydrogen-bond donors (Lipinski definition) is 1. The van der Waals surface area contributed by atoms with Gasteiger partial charge in [-0.3, -0.25) is 0 Å². The Labute approximate surface area is 164 Å². The Morgan fingerprint density at radius 3 is 2.43 bits per heavy atom. The predicted octanol–water partition coefficient (Wildman–Crippen LogP) is 3.74. The van der Waals surface area contributed by atoms with Crippen LogP contribution in [0, 0.1) is 12.7 Å². The van der Waals surface area contributed by atoms with Crippen molar-refractivity contribution in [2.75, 3.05) is 36.0 Å². The number of benzene rings is 1. The second kappa shape index (κ2) is 8.44. The van der Waals surface area contributed by atoms with Crippen molar-refractivity contribution in [3.05, 3.63) is 77.6 Å². The van der Waals surface area contributed by atoms with Crippen molar-refractivity contribution in [1.29, 1.82) is 0 Å². The van der Waals surface area contributed by atoms with Gasteiger partial charge in [-0.15, -0.1) is 0 Å². The number of anilines is 2. The highest BCUT2D eigenvalue weighted by atomic mass is 19.1. The van der Waals surface area contributed by atoms with Crippen LogP contribution in [-0.4, -0.2) is 31.2 Å². The molecule has 6 heteroatoms. The van der Waals surface area contributed by atoms with Crippen LogP contribution in [0.1, 0.15) is 17.1 Å². The van der Waals surface area contributed by atoms with Crippen molar-refractivity contribution in [1.82, 2.24) is 10.3 Å². The molecule has 0 spiro atoms. The van der Waals surface area contributed by atoms with Crippen LogP contribution in [-0.2, 0) is 13.1 Å². The SMILES string of the molecule is Cc1ccc(CNCc2ccnc(N3CCN(c4ccc(F)cc4)CC3)c2)o1. The number of nitrogens with zero attached hydrogens (tertiary/aromatic N) is 3. The molecular weight excluding hydrogens is 355 g/mol. The Kier molecular flexibility index (Phi) is 5.58. The zero-order valence-corrected chi connectivity index (χ0v) is 16.1. The summed E-state index contributed by atoms with van der Waals surface area (Å²) in [6.45, 7) is 7.02. The summed E-state index contributed by atoms with van der Waals surface area (Å²) < 4.78 is 18.7. The van der Waals surface area contributed by atoms with E-state index in [4.69, 9.17) is 4.42 Å². The first-order chi connectivity index (χ1) is 13.7. The largest absolute Gasteiger partial charge is 0.465 e. The minimum atomic E-state index is -0.195. The molecule has 1 aromatic carbocycles. The smallest absolute Gasteiger partial charge is 0.128 e. The van der Waals surface area contributed by atoms with E-state index in [1.807, 2.05) is 43.5 Å². The number of halogens is 1. The fourth-order valence-electron chi connectivity index (χ4n) is 3.50. The van der Waals surface area contributed by atoms with Gasteiger partial charge in [-0.2, -0.15) is 0 Å². The van der Waals surface area contributed by atoms with Gasteiger partial charge in [-0.05, 0) is 61.0 Å². The summed E-state index contributed by atoms with van der Waals surface area (Å²) >= 11 is 0. The van der Waals surface area contributed by atoms with E-state index in [9.17, 15) is 4.39 Å². The van der Waals surface area contributed by atoms with E-state index in [1.54, 1.807) is 0 Å². The Morgan fingerprint density at radius 1 is 0.964 bits per heavy atom. The summed E-state index contributed by atoms with van der Waals surface area (Å²) in [5, 5.41) is 3.42. The maximum atomic E-state index is 13.1. The molecule has 0 atom stereocenters. The fraction of sp³-hybridized carbons (Fsp3) is 0.318. The quantitative estimate of drug-likeness (QED) is 0.706. The zero-order valence-electron chi connectivity index (χ0n) is 16.1. The van der Waals surface area contributed by atoms with E-state index in [0.717, 1.165) is 55.7 Å². The first-order valence-electron chi connectivity index (χ1n) is 9.64. The monoisotopic (exact) mass is 380 g/mol. The van der Waals surface area contributed by atoms with E-state index < -0.39 is 0 Å². The van der Waals surface area contributed by atoms with Crippen LogP contribution in [0.2, 0.25) is 0 Å². The maximum absolute atomic E-state index is 13.1.